The lowest BCUT2D eigenvalue weighted by atomic mass is 10.0. The van der Waals surface area contributed by atoms with Crippen LogP contribution in [-0.4, -0.2) is 37.3 Å². The Balaban J connectivity index is 2.07. The van der Waals surface area contributed by atoms with Crippen LogP contribution in [0.3, 0.4) is 0 Å². The normalized spacial score (nSPS) is 19.7. The molecule has 4 heteroatoms. The van der Waals surface area contributed by atoms with Crippen LogP contribution in [0.25, 0.3) is 0 Å². The fourth-order valence-corrected chi connectivity index (χ4v) is 2.17. The first kappa shape index (κ1) is 12.9. The number of benzene rings is 1. The first-order valence-electron chi connectivity index (χ1n) is 6.31. The average molecular weight is 249 g/mol. The van der Waals surface area contributed by atoms with Gasteiger partial charge in [-0.2, -0.15) is 0 Å². The second kappa shape index (κ2) is 5.87. The fourth-order valence-electron chi connectivity index (χ4n) is 2.17. The van der Waals surface area contributed by atoms with Gasteiger partial charge in [-0.15, -0.1) is 0 Å². The highest BCUT2D eigenvalue weighted by Crippen LogP contribution is 2.25. The molecular formula is C14H19NO3. The van der Waals surface area contributed by atoms with Crippen LogP contribution in [-0.2, 0) is 9.47 Å². The lowest BCUT2D eigenvalue weighted by Crippen LogP contribution is -2.42. The number of aryl methyl sites for hydroxylation is 1. The van der Waals surface area contributed by atoms with Gasteiger partial charge in [0.2, 0.25) is 0 Å². The van der Waals surface area contributed by atoms with Gasteiger partial charge in [0.15, 0.2) is 0 Å². The predicted octanol–water partition coefficient (Wildman–Crippen LogP) is 2.52. The number of hydrogen-bond donors (Lipinski definition) is 0. The zero-order chi connectivity index (χ0) is 13.0. The quantitative estimate of drug-likeness (QED) is 0.808. The van der Waals surface area contributed by atoms with E-state index in [-0.39, 0.29) is 12.2 Å². The van der Waals surface area contributed by atoms with Crippen molar-refractivity contribution in [2.45, 2.75) is 20.0 Å². The molecular weight excluding hydrogens is 230 g/mol. The highest BCUT2D eigenvalue weighted by Gasteiger charge is 2.26. The maximum atomic E-state index is 11.7. The summed E-state index contributed by atoms with van der Waals surface area (Å²) in [4.78, 5) is 13.4. The van der Waals surface area contributed by atoms with Crippen LogP contribution in [0.15, 0.2) is 24.3 Å². The molecule has 0 radical (unpaired) electrons. The molecule has 4 nitrogen and oxygen atoms in total. The second-order valence-corrected chi connectivity index (χ2v) is 4.36. The zero-order valence-electron chi connectivity index (χ0n) is 10.9. The minimum absolute atomic E-state index is 0.0515. The number of ether oxygens (including phenoxy) is 2. The van der Waals surface area contributed by atoms with Crippen molar-refractivity contribution in [2.24, 2.45) is 0 Å². The van der Waals surface area contributed by atoms with Crippen LogP contribution in [0, 0.1) is 6.92 Å². The number of hydrogen-bond acceptors (Lipinski definition) is 3. The third-order valence-corrected chi connectivity index (χ3v) is 3.13. The van der Waals surface area contributed by atoms with Crippen molar-refractivity contribution in [3.05, 3.63) is 35.4 Å². The topological polar surface area (TPSA) is 38.8 Å². The minimum Gasteiger partial charge on any atom is -0.450 e. The van der Waals surface area contributed by atoms with Crippen LogP contribution in [0.1, 0.15) is 24.2 Å². The molecule has 0 spiro atoms. The van der Waals surface area contributed by atoms with E-state index in [0.29, 0.717) is 26.3 Å². The van der Waals surface area contributed by atoms with Gasteiger partial charge in [-0.1, -0.05) is 24.3 Å². The first-order chi connectivity index (χ1) is 8.72. The minimum atomic E-state index is -0.251. The highest BCUT2D eigenvalue weighted by molar-refractivity contribution is 5.67. The molecule has 1 fully saturated rings. The van der Waals surface area contributed by atoms with Gasteiger partial charge in [0, 0.05) is 6.54 Å². The Bertz CT molecular complexity index is 419. The van der Waals surface area contributed by atoms with Crippen LogP contribution >= 0.6 is 0 Å². The Kier molecular flexibility index (Phi) is 4.20. The van der Waals surface area contributed by atoms with Gasteiger partial charge in [0.1, 0.15) is 6.10 Å². The Morgan fingerprint density at radius 2 is 2.28 bits per heavy atom. The van der Waals surface area contributed by atoms with E-state index in [1.54, 1.807) is 4.90 Å². The molecule has 18 heavy (non-hydrogen) atoms. The standard InChI is InChI=1S/C14H19NO3/c1-3-17-14(16)15-8-9-18-13(10-15)12-7-5-4-6-11(12)2/h4-7,13H,3,8-10H2,1-2H3. The van der Waals surface area contributed by atoms with E-state index in [9.17, 15) is 4.79 Å². The fraction of sp³-hybridized carbons (Fsp3) is 0.500. The van der Waals surface area contributed by atoms with E-state index in [1.165, 1.54) is 5.56 Å². The van der Waals surface area contributed by atoms with E-state index in [2.05, 4.69) is 19.1 Å². The van der Waals surface area contributed by atoms with Crippen molar-refractivity contribution >= 4 is 6.09 Å². The van der Waals surface area contributed by atoms with Gasteiger partial charge < -0.3 is 14.4 Å². The van der Waals surface area contributed by atoms with E-state index >= 15 is 0 Å². The molecule has 1 heterocycles. The molecule has 1 atom stereocenters. The Hall–Kier alpha value is -1.55. The Morgan fingerprint density at radius 1 is 1.50 bits per heavy atom. The number of carbonyl (C=O) groups excluding carboxylic acids is 1. The van der Waals surface area contributed by atoms with Gasteiger partial charge >= 0.3 is 6.09 Å². The maximum absolute atomic E-state index is 11.7. The summed E-state index contributed by atoms with van der Waals surface area (Å²) in [5.74, 6) is 0. The van der Waals surface area contributed by atoms with Crippen molar-refractivity contribution in [3.8, 4) is 0 Å². The molecule has 1 aliphatic rings. The molecule has 0 N–H and O–H groups in total. The van der Waals surface area contributed by atoms with Gasteiger partial charge in [-0.3, -0.25) is 0 Å². The number of nitrogens with zero attached hydrogens (tertiary/aromatic N) is 1. The number of morpholine rings is 1. The summed E-state index contributed by atoms with van der Waals surface area (Å²) >= 11 is 0. The molecule has 1 aliphatic heterocycles. The summed E-state index contributed by atoms with van der Waals surface area (Å²) in [5, 5.41) is 0. The summed E-state index contributed by atoms with van der Waals surface area (Å²) in [6.45, 7) is 5.99. The van der Waals surface area contributed by atoms with Crippen molar-refractivity contribution in [1.82, 2.24) is 4.90 Å². The van der Waals surface area contributed by atoms with Gasteiger partial charge in [0.05, 0.1) is 19.8 Å². The van der Waals surface area contributed by atoms with Gasteiger partial charge in [-0.25, -0.2) is 4.79 Å². The lowest BCUT2D eigenvalue weighted by molar-refractivity contribution is -0.0282. The van der Waals surface area contributed by atoms with E-state index in [1.807, 2.05) is 19.1 Å². The van der Waals surface area contributed by atoms with Crippen LogP contribution < -0.4 is 0 Å². The van der Waals surface area contributed by atoms with Gasteiger partial charge in [0.25, 0.3) is 0 Å². The monoisotopic (exact) mass is 249 g/mol. The molecule has 0 bridgehead atoms. The third kappa shape index (κ3) is 2.82. The number of carbonyl (C=O) groups is 1. The summed E-state index contributed by atoms with van der Waals surface area (Å²) in [6, 6.07) is 8.11. The van der Waals surface area contributed by atoms with E-state index < -0.39 is 0 Å². The SMILES string of the molecule is CCOC(=O)N1CCOC(c2ccccc2C)C1. The second-order valence-electron chi connectivity index (χ2n) is 4.36. The van der Waals surface area contributed by atoms with E-state index in [0.717, 1.165) is 5.56 Å². The number of rotatable bonds is 2. The van der Waals surface area contributed by atoms with Crippen LogP contribution in [0.5, 0.6) is 0 Å². The van der Waals surface area contributed by atoms with Crippen molar-refractivity contribution in [3.63, 3.8) is 0 Å². The molecule has 2 rings (SSSR count). The molecule has 1 amide bonds. The van der Waals surface area contributed by atoms with Crippen LogP contribution in [0.2, 0.25) is 0 Å². The summed E-state index contributed by atoms with van der Waals surface area (Å²) in [6.07, 6.45) is -0.302. The third-order valence-electron chi connectivity index (χ3n) is 3.13. The molecule has 0 aliphatic carbocycles. The van der Waals surface area contributed by atoms with E-state index in [4.69, 9.17) is 9.47 Å². The summed E-state index contributed by atoms with van der Waals surface area (Å²) < 4.78 is 10.8. The molecule has 1 saturated heterocycles. The van der Waals surface area contributed by atoms with Crippen LogP contribution in [0.4, 0.5) is 4.79 Å². The first-order valence-corrected chi connectivity index (χ1v) is 6.31. The summed E-state index contributed by atoms with van der Waals surface area (Å²) in [7, 11) is 0. The van der Waals surface area contributed by atoms with Crippen molar-refractivity contribution in [1.29, 1.82) is 0 Å². The Labute approximate surface area is 107 Å². The molecule has 1 unspecified atom stereocenters. The van der Waals surface area contributed by atoms with Crippen molar-refractivity contribution in [2.75, 3.05) is 26.3 Å². The largest absolute Gasteiger partial charge is 0.450 e. The Morgan fingerprint density at radius 3 is 3.00 bits per heavy atom. The lowest BCUT2D eigenvalue weighted by Gasteiger charge is -2.33. The summed E-state index contributed by atoms with van der Waals surface area (Å²) in [5.41, 5.74) is 2.33. The zero-order valence-corrected chi connectivity index (χ0v) is 10.9. The predicted molar refractivity (Wildman–Crippen MR) is 68.5 cm³/mol. The molecule has 0 aromatic heterocycles. The van der Waals surface area contributed by atoms with Gasteiger partial charge in [-0.05, 0) is 25.0 Å². The average Bonchev–Trinajstić information content (AvgIpc) is 2.40. The molecule has 98 valence electrons. The highest BCUT2D eigenvalue weighted by atomic mass is 16.6. The van der Waals surface area contributed by atoms with Crippen molar-refractivity contribution < 1.29 is 14.3 Å². The molecule has 1 aromatic rings. The maximum Gasteiger partial charge on any atom is 0.409 e. The number of amides is 1. The molecule has 1 aromatic carbocycles. The smallest absolute Gasteiger partial charge is 0.409 e. The molecule has 0 saturated carbocycles.